The van der Waals surface area contributed by atoms with Crippen LogP contribution in [0.2, 0.25) is 0 Å². The summed E-state index contributed by atoms with van der Waals surface area (Å²) in [6.07, 6.45) is 4.36. The second-order valence-corrected chi connectivity index (χ2v) is 7.12. The lowest BCUT2D eigenvalue weighted by atomic mass is 9.86. The Kier molecular flexibility index (Phi) is 5.39. The molecule has 0 unspecified atom stereocenters. The van der Waals surface area contributed by atoms with Crippen molar-refractivity contribution in [3.05, 3.63) is 39.9 Å². The van der Waals surface area contributed by atoms with Gasteiger partial charge in [-0.05, 0) is 44.1 Å². The van der Waals surface area contributed by atoms with E-state index in [0.29, 0.717) is 32.2 Å². The van der Waals surface area contributed by atoms with Gasteiger partial charge in [0.15, 0.2) is 0 Å². The van der Waals surface area contributed by atoms with E-state index in [-0.39, 0.29) is 29.7 Å². The lowest BCUT2D eigenvalue weighted by molar-refractivity contribution is -0.384. The van der Waals surface area contributed by atoms with Gasteiger partial charge in [-0.25, -0.2) is 4.79 Å². The number of non-ortho nitro benzene ring substituents is 1. The van der Waals surface area contributed by atoms with Gasteiger partial charge >= 0.3 is 12.0 Å². The van der Waals surface area contributed by atoms with E-state index in [1.165, 1.54) is 12.1 Å². The van der Waals surface area contributed by atoms with E-state index in [1.807, 2.05) is 0 Å². The van der Waals surface area contributed by atoms with Crippen LogP contribution in [0.5, 0.6) is 0 Å². The van der Waals surface area contributed by atoms with Crippen LogP contribution in [-0.2, 0) is 11.3 Å². The summed E-state index contributed by atoms with van der Waals surface area (Å²) < 4.78 is 0. The lowest BCUT2D eigenvalue weighted by Gasteiger charge is -2.30. The van der Waals surface area contributed by atoms with Gasteiger partial charge in [0.2, 0.25) is 0 Å². The van der Waals surface area contributed by atoms with Crippen molar-refractivity contribution in [3.63, 3.8) is 0 Å². The molecule has 2 aliphatic rings. The minimum Gasteiger partial charge on any atom is -0.481 e. The van der Waals surface area contributed by atoms with Gasteiger partial charge in [0, 0.05) is 30.8 Å². The average Bonchev–Trinajstić information content (AvgIpc) is 3.45. The second-order valence-electron chi connectivity index (χ2n) is 7.12. The molecule has 0 aliphatic heterocycles. The number of carbonyl (C=O) groups excluding carboxylic acids is 1. The first-order valence-corrected chi connectivity index (χ1v) is 8.97. The van der Waals surface area contributed by atoms with Gasteiger partial charge < -0.3 is 15.3 Å². The number of hydrogen-bond acceptors (Lipinski definition) is 4. The molecule has 1 aromatic carbocycles. The highest BCUT2D eigenvalue weighted by atomic mass is 16.6. The van der Waals surface area contributed by atoms with Crippen molar-refractivity contribution in [2.45, 2.75) is 57.2 Å². The Hall–Kier alpha value is -2.64. The predicted octanol–water partition coefficient (Wildman–Crippen LogP) is 2.91. The first kappa shape index (κ1) is 18.2. The molecule has 2 N–H and O–H groups in total. The van der Waals surface area contributed by atoms with Crippen LogP contribution in [0.3, 0.4) is 0 Å². The Morgan fingerprint density at radius 1 is 1.19 bits per heavy atom. The van der Waals surface area contributed by atoms with Crippen molar-refractivity contribution >= 4 is 17.7 Å². The number of nitrogens with one attached hydrogen (secondary N) is 1. The monoisotopic (exact) mass is 361 g/mol. The van der Waals surface area contributed by atoms with Crippen LogP contribution in [0.1, 0.15) is 44.1 Å². The van der Waals surface area contributed by atoms with Gasteiger partial charge in [-0.3, -0.25) is 14.9 Å². The fourth-order valence-electron chi connectivity index (χ4n) is 3.46. The van der Waals surface area contributed by atoms with E-state index >= 15 is 0 Å². The van der Waals surface area contributed by atoms with Gasteiger partial charge in [-0.15, -0.1) is 0 Å². The summed E-state index contributed by atoms with van der Waals surface area (Å²) in [6.45, 7) is 0.336. The number of urea groups is 1. The number of carbonyl (C=O) groups is 2. The van der Waals surface area contributed by atoms with Crippen LogP contribution in [0, 0.1) is 16.0 Å². The maximum absolute atomic E-state index is 12.7. The third kappa shape index (κ3) is 4.50. The third-order valence-electron chi connectivity index (χ3n) is 5.13. The Bertz CT molecular complexity index is 696. The summed E-state index contributed by atoms with van der Waals surface area (Å²) in [5.41, 5.74) is 0.751. The maximum atomic E-state index is 12.7. The number of benzene rings is 1. The summed E-state index contributed by atoms with van der Waals surface area (Å²) in [5, 5.41) is 23.0. The first-order chi connectivity index (χ1) is 12.4. The van der Waals surface area contributed by atoms with Crippen LogP contribution in [0.4, 0.5) is 10.5 Å². The number of nitro benzene ring substituents is 1. The first-order valence-electron chi connectivity index (χ1n) is 8.97. The van der Waals surface area contributed by atoms with Gasteiger partial charge in [0.05, 0.1) is 10.8 Å². The number of hydrogen-bond donors (Lipinski definition) is 2. The Labute approximate surface area is 151 Å². The summed E-state index contributed by atoms with van der Waals surface area (Å²) in [4.78, 5) is 35.9. The fourth-order valence-corrected chi connectivity index (χ4v) is 3.46. The number of amides is 2. The molecule has 0 atom stereocenters. The number of carboxylic acid groups (broad SMARTS) is 1. The molecular formula is C18H23N3O5. The van der Waals surface area contributed by atoms with E-state index in [4.69, 9.17) is 5.11 Å². The molecule has 2 saturated carbocycles. The van der Waals surface area contributed by atoms with E-state index < -0.39 is 10.9 Å². The minimum atomic E-state index is -0.764. The quantitative estimate of drug-likeness (QED) is 0.597. The molecule has 0 spiro atoms. The SMILES string of the molecule is O=C(O)C1CCC(NC(=O)N(Cc2cccc([N+](=O)[O-])c2)C2CC2)CC1. The van der Waals surface area contributed by atoms with Crippen molar-refractivity contribution in [3.8, 4) is 0 Å². The number of nitrogens with zero attached hydrogens (tertiary/aromatic N) is 2. The topological polar surface area (TPSA) is 113 Å². The van der Waals surface area contributed by atoms with E-state index in [1.54, 1.807) is 17.0 Å². The van der Waals surface area contributed by atoms with E-state index in [9.17, 15) is 19.7 Å². The highest BCUT2D eigenvalue weighted by Crippen LogP contribution is 2.30. The van der Waals surface area contributed by atoms with Crippen LogP contribution >= 0.6 is 0 Å². The average molecular weight is 361 g/mol. The molecular weight excluding hydrogens is 338 g/mol. The maximum Gasteiger partial charge on any atom is 0.318 e. The molecule has 140 valence electrons. The molecule has 0 radical (unpaired) electrons. The van der Waals surface area contributed by atoms with Crippen molar-refractivity contribution < 1.29 is 19.6 Å². The van der Waals surface area contributed by atoms with Crippen LogP contribution in [0.25, 0.3) is 0 Å². The molecule has 0 aromatic heterocycles. The van der Waals surface area contributed by atoms with E-state index in [0.717, 1.165) is 18.4 Å². The van der Waals surface area contributed by atoms with Crippen LogP contribution < -0.4 is 5.32 Å². The van der Waals surface area contributed by atoms with Gasteiger partial charge in [0.1, 0.15) is 0 Å². The fraction of sp³-hybridized carbons (Fsp3) is 0.556. The largest absolute Gasteiger partial charge is 0.481 e. The Morgan fingerprint density at radius 2 is 1.88 bits per heavy atom. The van der Waals surface area contributed by atoms with Crippen molar-refractivity contribution in [1.82, 2.24) is 10.2 Å². The molecule has 2 amide bonds. The van der Waals surface area contributed by atoms with Crippen molar-refractivity contribution in [2.24, 2.45) is 5.92 Å². The third-order valence-corrected chi connectivity index (χ3v) is 5.13. The molecule has 26 heavy (non-hydrogen) atoms. The summed E-state index contributed by atoms with van der Waals surface area (Å²) in [7, 11) is 0. The smallest absolute Gasteiger partial charge is 0.318 e. The predicted molar refractivity (Wildman–Crippen MR) is 93.6 cm³/mol. The molecule has 0 saturated heterocycles. The number of carboxylic acids is 1. The highest BCUT2D eigenvalue weighted by molar-refractivity contribution is 5.75. The zero-order valence-electron chi connectivity index (χ0n) is 14.5. The Morgan fingerprint density at radius 3 is 2.46 bits per heavy atom. The van der Waals surface area contributed by atoms with Gasteiger partial charge in [-0.1, -0.05) is 12.1 Å². The molecule has 0 bridgehead atoms. The summed E-state index contributed by atoms with van der Waals surface area (Å²) >= 11 is 0. The standard InChI is InChI=1S/C18H23N3O5/c22-17(23)13-4-6-14(7-5-13)19-18(24)20(15-8-9-15)11-12-2-1-3-16(10-12)21(25)26/h1-3,10,13-15H,4-9,11H2,(H,19,24)(H,22,23). The van der Waals surface area contributed by atoms with Gasteiger partial charge in [-0.2, -0.15) is 0 Å². The molecule has 0 heterocycles. The van der Waals surface area contributed by atoms with Crippen molar-refractivity contribution in [2.75, 3.05) is 0 Å². The van der Waals surface area contributed by atoms with Crippen LogP contribution in [-0.4, -0.2) is 39.0 Å². The van der Waals surface area contributed by atoms with Crippen molar-refractivity contribution in [1.29, 1.82) is 0 Å². The molecule has 2 aliphatic carbocycles. The minimum absolute atomic E-state index is 0.00976. The summed E-state index contributed by atoms with van der Waals surface area (Å²) in [6, 6.07) is 6.34. The van der Waals surface area contributed by atoms with Crippen LogP contribution in [0.15, 0.2) is 24.3 Å². The Balaban J connectivity index is 1.60. The number of aliphatic carboxylic acids is 1. The molecule has 2 fully saturated rings. The number of rotatable bonds is 6. The molecule has 3 rings (SSSR count). The normalized spacial score (nSPS) is 22.5. The lowest BCUT2D eigenvalue weighted by Crippen LogP contribution is -2.47. The molecule has 1 aromatic rings. The zero-order chi connectivity index (χ0) is 18.7. The zero-order valence-corrected chi connectivity index (χ0v) is 14.5. The van der Waals surface area contributed by atoms with Gasteiger partial charge in [0.25, 0.3) is 5.69 Å². The molecule has 8 nitrogen and oxygen atoms in total. The highest BCUT2D eigenvalue weighted by Gasteiger charge is 2.34. The van der Waals surface area contributed by atoms with E-state index in [2.05, 4.69) is 5.32 Å². The molecule has 8 heteroatoms. The second kappa shape index (κ2) is 7.72. The summed E-state index contributed by atoms with van der Waals surface area (Å²) in [5.74, 6) is -1.08. The number of nitro groups is 1.